The summed E-state index contributed by atoms with van der Waals surface area (Å²) in [6.45, 7) is 2.83. The van der Waals surface area contributed by atoms with Gasteiger partial charge in [0.1, 0.15) is 11.6 Å². The van der Waals surface area contributed by atoms with Gasteiger partial charge in [0, 0.05) is 18.4 Å². The lowest BCUT2D eigenvalue weighted by molar-refractivity contribution is 0.414. The Morgan fingerprint density at radius 3 is 2.56 bits per heavy atom. The summed E-state index contributed by atoms with van der Waals surface area (Å²) >= 11 is 0. The van der Waals surface area contributed by atoms with Crippen LogP contribution in [-0.2, 0) is 6.42 Å². The molecule has 128 valence electrons. The quantitative estimate of drug-likeness (QED) is 0.678. The van der Waals surface area contributed by atoms with E-state index in [0.717, 1.165) is 30.2 Å². The molecular formula is C20H22N4O. The van der Waals surface area contributed by atoms with Gasteiger partial charge in [0.15, 0.2) is 0 Å². The van der Waals surface area contributed by atoms with Gasteiger partial charge in [-0.25, -0.2) is 4.98 Å². The fraction of sp³-hybridized carbons (Fsp3) is 0.200. The van der Waals surface area contributed by atoms with Crippen molar-refractivity contribution in [1.82, 2.24) is 9.97 Å². The molecule has 0 spiro atoms. The third-order valence-corrected chi connectivity index (χ3v) is 3.92. The molecule has 25 heavy (non-hydrogen) atoms. The van der Waals surface area contributed by atoms with E-state index in [1.165, 1.54) is 11.1 Å². The zero-order chi connectivity index (χ0) is 17.5. The fourth-order valence-electron chi connectivity index (χ4n) is 2.48. The fourth-order valence-corrected chi connectivity index (χ4v) is 2.48. The van der Waals surface area contributed by atoms with Gasteiger partial charge in [0.2, 0.25) is 5.95 Å². The van der Waals surface area contributed by atoms with Crippen LogP contribution in [0.25, 0.3) is 0 Å². The number of anilines is 3. The van der Waals surface area contributed by atoms with E-state index in [1.54, 1.807) is 13.3 Å². The lowest BCUT2D eigenvalue weighted by atomic mass is 10.1. The molecule has 5 nitrogen and oxygen atoms in total. The van der Waals surface area contributed by atoms with Crippen LogP contribution < -0.4 is 15.4 Å². The van der Waals surface area contributed by atoms with Crippen LogP contribution in [0.1, 0.15) is 11.1 Å². The first-order valence-electron chi connectivity index (χ1n) is 8.27. The van der Waals surface area contributed by atoms with Crippen LogP contribution in [0.2, 0.25) is 0 Å². The maximum Gasteiger partial charge on any atom is 0.224 e. The molecule has 0 radical (unpaired) electrons. The Balaban J connectivity index is 1.57. The molecule has 0 unspecified atom stereocenters. The Labute approximate surface area is 148 Å². The molecule has 0 aliphatic carbocycles. The van der Waals surface area contributed by atoms with Crippen molar-refractivity contribution in [2.24, 2.45) is 0 Å². The number of hydrogen-bond acceptors (Lipinski definition) is 5. The minimum Gasteiger partial charge on any atom is -0.497 e. The summed E-state index contributed by atoms with van der Waals surface area (Å²) in [7, 11) is 1.67. The predicted octanol–water partition coefficient (Wildman–Crippen LogP) is 4.19. The highest BCUT2D eigenvalue weighted by Crippen LogP contribution is 2.19. The van der Waals surface area contributed by atoms with Crippen molar-refractivity contribution in [3.8, 4) is 5.75 Å². The van der Waals surface area contributed by atoms with Gasteiger partial charge < -0.3 is 15.4 Å². The number of nitrogens with one attached hydrogen (secondary N) is 2. The van der Waals surface area contributed by atoms with E-state index in [9.17, 15) is 0 Å². The normalized spacial score (nSPS) is 10.3. The minimum atomic E-state index is 0.618. The van der Waals surface area contributed by atoms with Gasteiger partial charge in [0.25, 0.3) is 0 Å². The van der Waals surface area contributed by atoms with E-state index in [2.05, 4.69) is 45.7 Å². The second kappa shape index (κ2) is 8.15. The van der Waals surface area contributed by atoms with E-state index in [1.807, 2.05) is 36.4 Å². The molecule has 0 amide bonds. The lowest BCUT2D eigenvalue weighted by Gasteiger charge is -2.10. The van der Waals surface area contributed by atoms with Crippen LogP contribution in [0, 0.1) is 6.92 Å². The van der Waals surface area contributed by atoms with Gasteiger partial charge in [-0.1, -0.05) is 30.3 Å². The van der Waals surface area contributed by atoms with Gasteiger partial charge in [-0.15, -0.1) is 0 Å². The first-order chi connectivity index (χ1) is 12.2. The van der Waals surface area contributed by atoms with Crippen LogP contribution in [-0.4, -0.2) is 23.6 Å². The highest BCUT2D eigenvalue weighted by Gasteiger charge is 2.02. The van der Waals surface area contributed by atoms with Crippen LogP contribution in [0.4, 0.5) is 17.5 Å². The third-order valence-electron chi connectivity index (χ3n) is 3.92. The van der Waals surface area contributed by atoms with Gasteiger partial charge in [-0.3, -0.25) is 0 Å². The van der Waals surface area contributed by atoms with E-state index in [0.29, 0.717) is 5.95 Å². The molecule has 0 saturated heterocycles. The summed E-state index contributed by atoms with van der Waals surface area (Å²) in [4.78, 5) is 8.79. The van der Waals surface area contributed by atoms with E-state index in [-0.39, 0.29) is 0 Å². The Morgan fingerprint density at radius 2 is 1.80 bits per heavy atom. The number of hydrogen-bond donors (Lipinski definition) is 2. The summed E-state index contributed by atoms with van der Waals surface area (Å²) in [5, 5.41) is 6.60. The van der Waals surface area contributed by atoms with Crippen LogP contribution in [0.15, 0.2) is 60.8 Å². The summed E-state index contributed by atoms with van der Waals surface area (Å²) in [6.07, 6.45) is 2.64. The summed E-state index contributed by atoms with van der Waals surface area (Å²) in [5.41, 5.74) is 3.46. The van der Waals surface area contributed by atoms with E-state index in [4.69, 9.17) is 4.74 Å². The van der Waals surface area contributed by atoms with Crippen molar-refractivity contribution < 1.29 is 4.74 Å². The van der Waals surface area contributed by atoms with Gasteiger partial charge in [-0.2, -0.15) is 4.98 Å². The molecule has 0 aliphatic heterocycles. The number of methoxy groups -OCH3 is 1. The number of nitrogens with zero attached hydrogens (tertiary/aromatic N) is 2. The molecular weight excluding hydrogens is 312 g/mol. The molecule has 1 aromatic heterocycles. The van der Waals surface area contributed by atoms with Crippen molar-refractivity contribution in [2.75, 3.05) is 24.3 Å². The third kappa shape index (κ3) is 4.70. The molecule has 0 fully saturated rings. The molecule has 0 aliphatic rings. The van der Waals surface area contributed by atoms with Crippen molar-refractivity contribution in [3.63, 3.8) is 0 Å². The number of aromatic nitrogens is 2. The average Bonchev–Trinajstić information content (AvgIpc) is 2.65. The largest absolute Gasteiger partial charge is 0.497 e. The molecule has 5 heteroatoms. The van der Waals surface area contributed by atoms with Gasteiger partial charge in [0.05, 0.1) is 7.11 Å². The maximum absolute atomic E-state index is 5.17. The van der Waals surface area contributed by atoms with Crippen LogP contribution >= 0.6 is 0 Å². The SMILES string of the molecule is COc1ccc(CCNc2nccc(Nc3ccccc3C)n2)cc1. The Bertz CT molecular complexity index is 818. The zero-order valence-corrected chi connectivity index (χ0v) is 14.5. The number of aryl methyl sites for hydroxylation is 1. The highest BCUT2D eigenvalue weighted by atomic mass is 16.5. The number of rotatable bonds is 7. The Kier molecular flexibility index (Phi) is 5.46. The van der Waals surface area contributed by atoms with Crippen LogP contribution in [0.5, 0.6) is 5.75 Å². The number of para-hydroxylation sites is 1. The molecule has 2 aromatic carbocycles. The second-order valence-corrected chi connectivity index (χ2v) is 5.73. The van der Waals surface area contributed by atoms with Gasteiger partial charge in [-0.05, 0) is 48.7 Å². The maximum atomic E-state index is 5.17. The number of benzene rings is 2. The van der Waals surface area contributed by atoms with Crippen molar-refractivity contribution in [1.29, 1.82) is 0 Å². The summed E-state index contributed by atoms with van der Waals surface area (Å²) in [6, 6.07) is 18.1. The predicted molar refractivity (Wildman–Crippen MR) is 102 cm³/mol. The topological polar surface area (TPSA) is 59.1 Å². The Hall–Kier alpha value is -3.08. The molecule has 3 rings (SSSR count). The van der Waals surface area contributed by atoms with Crippen LogP contribution in [0.3, 0.4) is 0 Å². The minimum absolute atomic E-state index is 0.618. The highest BCUT2D eigenvalue weighted by molar-refractivity contribution is 5.60. The summed E-state index contributed by atoms with van der Waals surface area (Å²) < 4.78 is 5.17. The molecule has 2 N–H and O–H groups in total. The van der Waals surface area contributed by atoms with E-state index >= 15 is 0 Å². The standard InChI is InChI=1S/C20H22N4O/c1-15-5-3-4-6-18(15)23-19-12-14-22-20(24-19)21-13-11-16-7-9-17(25-2)10-8-16/h3-10,12,14H,11,13H2,1-2H3,(H2,21,22,23,24). The van der Waals surface area contributed by atoms with Crippen molar-refractivity contribution in [3.05, 3.63) is 71.9 Å². The lowest BCUT2D eigenvalue weighted by Crippen LogP contribution is -2.08. The smallest absolute Gasteiger partial charge is 0.224 e. The first-order valence-corrected chi connectivity index (χ1v) is 8.27. The molecule has 1 heterocycles. The van der Waals surface area contributed by atoms with E-state index < -0.39 is 0 Å². The van der Waals surface area contributed by atoms with Crippen molar-refractivity contribution in [2.45, 2.75) is 13.3 Å². The summed E-state index contributed by atoms with van der Waals surface area (Å²) in [5.74, 6) is 2.26. The Morgan fingerprint density at radius 1 is 1.00 bits per heavy atom. The first kappa shape index (κ1) is 16.8. The van der Waals surface area contributed by atoms with Crippen molar-refractivity contribution >= 4 is 17.5 Å². The molecule has 3 aromatic rings. The zero-order valence-electron chi connectivity index (χ0n) is 14.5. The van der Waals surface area contributed by atoms with Gasteiger partial charge >= 0.3 is 0 Å². The molecule has 0 atom stereocenters. The molecule has 0 saturated carbocycles. The average molecular weight is 334 g/mol. The molecule has 0 bridgehead atoms. The second-order valence-electron chi connectivity index (χ2n) is 5.73. The monoisotopic (exact) mass is 334 g/mol. The number of ether oxygens (including phenoxy) is 1.